The fourth-order valence-corrected chi connectivity index (χ4v) is 3.01. The maximum Gasteiger partial charge on any atom is 0.240 e. The van der Waals surface area contributed by atoms with E-state index >= 15 is 0 Å². The van der Waals surface area contributed by atoms with Crippen LogP contribution in [0, 0.1) is 5.41 Å². The van der Waals surface area contributed by atoms with E-state index < -0.39 is 0 Å². The van der Waals surface area contributed by atoms with E-state index in [0.29, 0.717) is 11.6 Å². The van der Waals surface area contributed by atoms with Crippen LogP contribution in [0.4, 0.5) is 0 Å². The molecular formula is C16H23ClN2O. The van der Waals surface area contributed by atoms with E-state index in [2.05, 4.69) is 19.2 Å². The van der Waals surface area contributed by atoms with Gasteiger partial charge in [-0.15, -0.1) is 0 Å². The SMILES string of the molecule is CN(Cc1ccccc1Cl)C(=O)C1NCCCC1(C)C. The smallest absolute Gasteiger partial charge is 0.240 e. The molecular weight excluding hydrogens is 272 g/mol. The number of benzene rings is 1. The van der Waals surface area contributed by atoms with Crippen molar-refractivity contribution in [1.82, 2.24) is 10.2 Å². The van der Waals surface area contributed by atoms with Gasteiger partial charge < -0.3 is 10.2 Å². The largest absolute Gasteiger partial charge is 0.340 e. The minimum absolute atomic E-state index is 0.00404. The van der Waals surface area contributed by atoms with Crippen LogP contribution in [0.25, 0.3) is 0 Å². The Hall–Kier alpha value is -1.06. The summed E-state index contributed by atoms with van der Waals surface area (Å²) in [6.45, 7) is 5.78. The highest BCUT2D eigenvalue weighted by Gasteiger charge is 2.38. The van der Waals surface area contributed by atoms with Crippen LogP contribution in [0.5, 0.6) is 0 Å². The zero-order valence-corrected chi connectivity index (χ0v) is 13.2. The molecule has 1 aromatic rings. The van der Waals surface area contributed by atoms with Crippen LogP contribution in [0.1, 0.15) is 32.3 Å². The van der Waals surface area contributed by atoms with Crippen LogP contribution >= 0.6 is 11.6 Å². The third-order valence-corrected chi connectivity index (χ3v) is 4.49. The fourth-order valence-electron chi connectivity index (χ4n) is 2.81. The van der Waals surface area contributed by atoms with Crippen LogP contribution in [0.2, 0.25) is 5.02 Å². The number of carbonyl (C=O) groups is 1. The summed E-state index contributed by atoms with van der Waals surface area (Å²) in [4.78, 5) is 14.4. The van der Waals surface area contributed by atoms with Crippen molar-refractivity contribution in [2.45, 2.75) is 39.3 Å². The van der Waals surface area contributed by atoms with Crippen molar-refractivity contribution in [3.05, 3.63) is 34.9 Å². The summed E-state index contributed by atoms with van der Waals surface area (Å²) in [5, 5.41) is 4.08. The molecule has 1 heterocycles. The van der Waals surface area contributed by atoms with E-state index in [1.54, 1.807) is 4.90 Å². The van der Waals surface area contributed by atoms with Crippen molar-refractivity contribution in [2.24, 2.45) is 5.41 Å². The van der Waals surface area contributed by atoms with E-state index in [-0.39, 0.29) is 17.4 Å². The first-order valence-electron chi connectivity index (χ1n) is 7.13. The quantitative estimate of drug-likeness (QED) is 0.929. The van der Waals surface area contributed by atoms with Crippen LogP contribution in [0.15, 0.2) is 24.3 Å². The van der Waals surface area contributed by atoms with Crippen molar-refractivity contribution in [2.75, 3.05) is 13.6 Å². The minimum atomic E-state index is -0.108. The normalized spacial score (nSPS) is 21.5. The molecule has 0 spiro atoms. The number of nitrogens with one attached hydrogen (secondary N) is 1. The number of piperidine rings is 1. The standard InChI is InChI=1S/C16H23ClN2O/c1-16(2)9-6-10-18-14(16)15(20)19(3)11-12-7-4-5-8-13(12)17/h4-5,7-8,14,18H,6,9-11H2,1-3H3. The van der Waals surface area contributed by atoms with Crippen molar-refractivity contribution in [3.8, 4) is 0 Å². The van der Waals surface area contributed by atoms with Crippen molar-refractivity contribution in [3.63, 3.8) is 0 Å². The molecule has 0 aliphatic carbocycles. The highest BCUT2D eigenvalue weighted by atomic mass is 35.5. The lowest BCUT2D eigenvalue weighted by molar-refractivity contribution is -0.136. The Kier molecular flexibility index (Phi) is 4.71. The van der Waals surface area contributed by atoms with Crippen molar-refractivity contribution < 1.29 is 4.79 Å². The predicted molar refractivity (Wildman–Crippen MR) is 82.7 cm³/mol. The summed E-state index contributed by atoms with van der Waals surface area (Å²) < 4.78 is 0. The summed E-state index contributed by atoms with van der Waals surface area (Å²) in [7, 11) is 1.85. The third-order valence-electron chi connectivity index (χ3n) is 4.12. The topological polar surface area (TPSA) is 32.3 Å². The van der Waals surface area contributed by atoms with E-state index in [4.69, 9.17) is 11.6 Å². The Labute approximate surface area is 126 Å². The molecule has 1 saturated heterocycles. The van der Waals surface area contributed by atoms with Crippen LogP contribution in [-0.4, -0.2) is 30.4 Å². The Morgan fingerprint density at radius 2 is 2.15 bits per heavy atom. The molecule has 0 bridgehead atoms. The van der Waals surface area contributed by atoms with Gasteiger partial charge in [-0.05, 0) is 36.4 Å². The first-order chi connectivity index (χ1) is 9.42. The van der Waals surface area contributed by atoms with E-state index in [9.17, 15) is 4.79 Å². The molecule has 20 heavy (non-hydrogen) atoms. The number of rotatable bonds is 3. The average Bonchev–Trinajstić information content (AvgIpc) is 2.40. The van der Waals surface area contributed by atoms with Gasteiger partial charge in [-0.25, -0.2) is 0 Å². The second kappa shape index (κ2) is 6.15. The van der Waals surface area contributed by atoms with Crippen LogP contribution in [0.3, 0.4) is 0 Å². The summed E-state index contributed by atoms with van der Waals surface area (Å²) in [6, 6.07) is 7.56. The fraction of sp³-hybridized carbons (Fsp3) is 0.562. The molecule has 1 unspecified atom stereocenters. The van der Waals surface area contributed by atoms with E-state index in [1.807, 2.05) is 31.3 Å². The minimum Gasteiger partial charge on any atom is -0.340 e. The molecule has 1 amide bonds. The van der Waals surface area contributed by atoms with Gasteiger partial charge in [0.2, 0.25) is 5.91 Å². The van der Waals surface area contributed by atoms with Gasteiger partial charge in [0.25, 0.3) is 0 Å². The number of hydrogen-bond acceptors (Lipinski definition) is 2. The molecule has 1 aliphatic rings. The number of halogens is 1. The Morgan fingerprint density at radius 3 is 2.80 bits per heavy atom. The predicted octanol–water partition coefficient (Wildman–Crippen LogP) is 3.08. The Morgan fingerprint density at radius 1 is 1.45 bits per heavy atom. The van der Waals surface area contributed by atoms with Crippen LogP contribution in [-0.2, 0) is 11.3 Å². The Bertz CT molecular complexity index is 487. The first kappa shape index (κ1) is 15.3. The van der Waals surface area contributed by atoms with Crippen LogP contribution < -0.4 is 5.32 Å². The first-order valence-corrected chi connectivity index (χ1v) is 7.51. The second-order valence-corrected chi connectivity index (χ2v) is 6.67. The number of likely N-dealkylation sites (N-methyl/N-ethyl adjacent to an activating group) is 1. The van der Waals surface area contributed by atoms with Gasteiger partial charge in [-0.3, -0.25) is 4.79 Å². The van der Waals surface area contributed by atoms with Gasteiger partial charge in [0.05, 0.1) is 6.04 Å². The summed E-state index contributed by atoms with van der Waals surface area (Å²) >= 11 is 6.16. The highest BCUT2D eigenvalue weighted by molar-refractivity contribution is 6.31. The Balaban J connectivity index is 2.07. The zero-order valence-electron chi connectivity index (χ0n) is 12.4. The van der Waals surface area contributed by atoms with Gasteiger partial charge >= 0.3 is 0 Å². The van der Waals surface area contributed by atoms with Gasteiger partial charge in [0.1, 0.15) is 0 Å². The summed E-state index contributed by atoms with van der Waals surface area (Å²) in [5.41, 5.74) is 0.989. The molecule has 0 aromatic heterocycles. The molecule has 2 rings (SSSR count). The van der Waals surface area contributed by atoms with Gasteiger partial charge in [-0.1, -0.05) is 43.6 Å². The molecule has 4 heteroatoms. The molecule has 1 aliphatic heterocycles. The molecule has 0 saturated carbocycles. The van der Waals surface area contributed by atoms with E-state index in [1.165, 1.54) is 0 Å². The highest BCUT2D eigenvalue weighted by Crippen LogP contribution is 2.31. The van der Waals surface area contributed by atoms with E-state index in [0.717, 1.165) is 24.9 Å². The lowest BCUT2D eigenvalue weighted by Crippen LogP contribution is -2.55. The maximum absolute atomic E-state index is 12.6. The lowest BCUT2D eigenvalue weighted by atomic mass is 9.77. The molecule has 1 aromatic carbocycles. The summed E-state index contributed by atoms with van der Waals surface area (Å²) in [6.07, 6.45) is 2.21. The van der Waals surface area contributed by atoms with Crippen molar-refractivity contribution >= 4 is 17.5 Å². The second-order valence-electron chi connectivity index (χ2n) is 6.26. The molecule has 1 N–H and O–H groups in total. The molecule has 1 atom stereocenters. The molecule has 3 nitrogen and oxygen atoms in total. The molecule has 1 fully saturated rings. The lowest BCUT2D eigenvalue weighted by Gasteiger charge is -2.40. The maximum atomic E-state index is 12.6. The average molecular weight is 295 g/mol. The van der Waals surface area contributed by atoms with Crippen molar-refractivity contribution in [1.29, 1.82) is 0 Å². The van der Waals surface area contributed by atoms with Gasteiger partial charge in [0, 0.05) is 18.6 Å². The number of nitrogens with zero attached hydrogens (tertiary/aromatic N) is 1. The monoisotopic (exact) mass is 294 g/mol. The molecule has 0 radical (unpaired) electrons. The van der Waals surface area contributed by atoms with Gasteiger partial charge in [0.15, 0.2) is 0 Å². The zero-order chi connectivity index (χ0) is 14.8. The number of amides is 1. The molecule has 110 valence electrons. The third kappa shape index (κ3) is 3.33. The number of hydrogen-bond donors (Lipinski definition) is 1. The summed E-state index contributed by atoms with van der Waals surface area (Å²) in [5.74, 6) is 0.148. The number of carbonyl (C=O) groups excluding carboxylic acids is 1. The van der Waals surface area contributed by atoms with Gasteiger partial charge in [-0.2, -0.15) is 0 Å².